The lowest BCUT2D eigenvalue weighted by molar-refractivity contribution is -0.123. The number of aryl methyl sites for hydroxylation is 2. The first-order valence-corrected chi connectivity index (χ1v) is 6.60. The Morgan fingerprint density at radius 3 is 2.38 bits per heavy atom. The summed E-state index contributed by atoms with van der Waals surface area (Å²) in [7, 11) is 0. The zero-order chi connectivity index (χ0) is 15.4. The third-order valence-corrected chi connectivity index (χ3v) is 3.05. The molecule has 1 amide bonds. The van der Waals surface area contributed by atoms with Gasteiger partial charge < -0.3 is 14.5 Å². The van der Waals surface area contributed by atoms with Crippen molar-refractivity contribution >= 4 is 17.6 Å². The van der Waals surface area contributed by atoms with Gasteiger partial charge in [-0.05, 0) is 39.0 Å². The van der Waals surface area contributed by atoms with Crippen molar-refractivity contribution in [1.29, 1.82) is 0 Å². The summed E-state index contributed by atoms with van der Waals surface area (Å²) in [6.45, 7) is 5.15. The first-order chi connectivity index (χ1) is 9.97. The SMILES string of the molecule is Cc1ccc(NC(=O)[C@H](C)OC(=O)c2ccoc2C)cc1. The molecule has 0 aliphatic rings. The topological polar surface area (TPSA) is 68.5 Å². The van der Waals surface area contributed by atoms with Crippen molar-refractivity contribution in [3.8, 4) is 0 Å². The molecular weight excluding hydrogens is 270 g/mol. The van der Waals surface area contributed by atoms with Crippen LogP contribution in [0.4, 0.5) is 5.69 Å². The number of esters is 1. The van der Waals surface area contributed by atoms with E-state index in [9.17, 15) is 9.59 Å². The molecule has 0 aliphatic carbocycles. The van der Waals surface area contributed by atoms with Gasteiger partial charge in [0.05, 0.1) is 6.26 Å². The molecule has 5 heteroatoms. The number of hydrogen-bond donors (Lipinski definition) is 1. The average Bonchev–Trinajstić information content (AvgIpc) is 2.87. The van der Waals surface area contributed by atoms with Gasteiger partial charge in [-0.25, -0.2) is 4.79 Å². The highest BCUT2D eigenvalue weighted by molar-refractivity contribution is 5.97. The van der Waals surface area contributed by atoms with Gasteiger partial charge in [-0.15, -0.1) is 0 Å². The molecule has 2 aromatic rings. The monoisotopic (exact) mass is 287 g/mol. The van der Waals surface area contributed by atoms with Crippen LogP contribution >= 0.6 is 0 Å². The van der Waals surface area contributed by atoms with Gasteiger partial charge in [-0.1, -0.05) is 17.7 Å². The normalized spacial score (nSPS) is 11.8. The van der Waals surface area contributed by atoms with Crippen LogP contribution in [0.1, 0.15) is 28.6 Å². The van der Waals surface area contributed by atoms with E-state index in [-0.39, 0.29) is 5.91 Å². The van der Waals surface area contributed by atoms with Crippen LogP contribution in [-0.2, 0) is 9.53 Å². The fraction of sp³-hybridized carbons (Fsp3) is 0.250. The maximum absolute atomic E-state index is 12.0. The van der Waals surface area contributed by atoms with Crippen molar-refractivity contribution in [2.24, 2.45) is 0 Å². The Hall–Kier alpha value is -2.56. The van der Waals surface area contributed by atoms with Crippen LogP contribution in [0.15, 0.2) is 41.0 Å². The van der Waals surface area contributed by atoms with E-state index in [2.05, 4.69) is 5.32 Å². The zero-order valence-electron chi connectivity index (χ0n) is 12.2. The van der Waals surface area contributed by atoms with Crippen molar-refractivity contribution in [3.63, 3.8) is 0 Å². The zero-order valence-corrected chi connectivity index (χ0v) is 12.2. The molecule has 0 bridgehead atoms. The van der Waals surface area contributed by atoms with E-state index in [1.807, 2.05) is 19.1 Å². The lowest BCUT2D eigenvalue weighted by Gasteiger charge is -2.13. The van der Waals surface area contributed by atoms with E-state index in [0.717, 1.165) is 5.56 Å². The minimum Gasteiger partial charge on any atom is -0.469 e. The van der Waals surface area contributed by atoms with Crippen molar-refractivity contribution in [2.75, 3.05) is 5.32 Å². The lowest BCUT2D eigenvalue weighted by atomic mass is 10.2. The van der Waals surface area contributed by atoms with Crippen LogP contribution in [0.3, 0.4) is 0 Å². The van der Waals surface area contributed by atoms with Gasteiger partial charge in [-0.3, -0.25) is 4.79 Å². The summed E-state index contributed by atoms with van der Waals surface area (Å²) in [5.74, 6) is -0.493. The number of hydrogen-bond acceptors (Lipinski definition) is 4. The number of rotatable bonds is 4. The largest absolute Gasteiger partial charge is 0.469 e. The van der Waals surface area contributed by atoms with Gasteiger partial charge in [0.2, 0.25) is 0 Å². The predicted molar refractivity (Wildman–Crippen MR) is 78.1 cm³/mol. The summed E-state index contributed by atoms with van der Waals surface area (Å²) < 4.78 is 10.2. The molecule has 1 aromatic heterocycles. The van der Waals surface area contributed by atoms with Gasteiger partial charge in [0.25, 0.3) is 5.91 Å². The maximum atomic E-state index is 12.0. The molecule has 1 heterocycles. The fourth-order valence-electron chi connectivity index (χ4n) is 1.76. The van der Waals surface area contributed by atoms with E-state index >= 15 is 0 Å². The Balaban J connectivity index is 1.95. The first-order valence-electron chi connectivity index (χ1n) is 6.60. The second kappa shape index (κ2) is 6.26. The summed E-state index contributed by atoms with van der Waals surface area (Å²) >= 11 is 0. The van der Waals surface area contributed by atoms with E-state index in [1.165, 1.54) is 19.3 Å². The van der Waals surface area contributed by atoms with Gasteiger partial charge in [0.15, 0.2) is 6.10 Å². The third-order valence-electron chi connectivity index (χ3n) is 3.05. The summed E-state index contributed by atoms with van der Waals surface area (Å²) in [6.07, 6.45) is 0.510. The first kappa shape index (κ1) is 14.8. The van der Waals surface area contributed by atoms with Crippen molar-refractivity contribution in [1.82, 2.24) is 0 Å². The molecule has 5 nitrogen and oxygen atoms in total. The third kappa shape index (κ3) is 3.72. The molecule has 0 saturated heterocycles. The highest BCUT2D eigenvalue weighted by atomic mass is 16.5. The second-order valence-corrected chi connectivity index (χ2v) is 4.79. The van der Waals surface area contributed by atoms with E-state index in [4.69, 9.17) is 9.15 Å². The van der Waals surface area contributed by atoms with Crippen LogP contribution in [0.5, 0.6) is 0 Å². The minimum atomic E-state index is -0.895. The summed E-state index contributed by atoms with van der Waals surface area (Å²) in [5.41, 5.74) is 2.08. The van der Waals surface area contributed by atoms with Crippen molar-refractivity contribution in [2.45, 2.75) is 26.9 Å². The molecule has 21 heavy (non-hydrogen) atoms. The number of benzene rings is 1. The van der Waals surface area contributed by atoms with Crippen LogP contribution in [0, 0.1) is 13.8 Å². The number of nitrogens with one attached hydrogen (secondary N) is 1. The highest BCUT2D eigenvalue weighted by Crippen LogP contribution is 2.13. The Bertz CT molecular complexity index is 643. The number of furan rings is 1. The van der Waals surface area contributed by atoms with Gasteiger partial charge in [0, 0.05) is 5.69 Å². The van der Waals surface area contributed by atoms with Gasteiger partial charge in [0.1, 0.15) is 11.3 Å². The molecule has 0 fully saturated rings. The molecule has 1 atom stereocenters. The summed E-state index contributed by atoms with van der Waals surface area (Å²) in [5, 5.41) is 2.69. The van der Waals surface area contributed by atoms with E-state index < -0.39 is 12.1 Å². The summed E-state index contributed by atoms with van der Waals surface area (Å²) in [6, 6.07) is 8.88. The van der Waals surface area contributed by atoms with E-state index in [1.54, 1.807) is 19.1 Å². The van der Waals surface area contributed by atoms with Gasteiger partial charge in [-0.2, -0.15) is 0 Å². The molecule has 0 saturated carbocycles. The van der Waals surface area contributed by atoms with Crippen LogP contribution in [0.25, 0.3) is 0 Å². The summed E-state index contributed by atoms with van der Waals surface area (Å²) in [4.78, 5) is 23.9. The molecule has 0 radical (unpaired) electrons. The molecule has 1 N–H and O–H groups in total. The Kier molecular flexibility index (Phi) is 4.42. The average molecular weight is 287 g/mol. The molecule has 0 unspecified atom stereocenters. The number of carbonyl (C=O) groups excluding carboxylic acids is 2. The Labute approximate surface area is 122 Å². The van der Waals surface area contributed by atoms with Crippen LogP contribution in [0.2, 0.25) is 0 Å². The van der Waals surface area contributed by atoms with Crippen molar-refractivity contribution < 1.29 is 18.7 Å². The fourth-order valence-corrected chi connectivity index (χ4v) is 1.76. The highest BCUT2D eigenvalue weighted by Gasteiger charge is 2.21. The predicted octanol–water partition coefficient (Wildman–Crippen LogP) is 3.08. The Morgan fingerprint density at radius 1 is 1.14 bits per heavy atom. The molecule has 0 spiro atoms. The number of carbonyl (C=O) groups is 2. The quantitative estimate of drug-likeness (QED) is 0.877. The molecule has 1 aromatic carbocycles. The lowest BCUT2D eigenvalue weighted by Crippen LogP contribution is -2.30. The molecular formula is C16H17NO4. The van der Waals surface area contributed by atoms with Crippen molar-refractivity contribution in [3.05, 3.63) is 53.5 Å². The Morgan fingerprint density at radius 2 is 1.81 bits per heavy atom. The van der Waals surface area contributed by atoms with Crippen LogP contribution < -0.4 is 5.32 Å². The smallest absolute Gasteiger partial charge is 0.342 e. The molecule has 0 aliphatic heterocycles. The minimum absolute atomic E-state index is 0.324. The van der Waals surface area contributed by atoms with Gasteiger partial charge >= 0.3 is 5.97 Å². The number of amides is 1. The van der Waals surface area contributed by atoms with E-state index in [0.29, 0.717) is 17.0 Å². The van der Waals surface area contributed by atoms with Crippen LogP contribution in [-0.4, -0.2) is 18.0 Å². The number of anilines is 1. The molecule has 110 valence electrons. The number of ether oxygens (including phenoxy) is 1. The standard InChI is InChI=1S/C16H17NO4/c1-10-4-6-13(7-5-10)17-15(18)12(3)21-16(19)14-8-9-20-11(14)2/h4-9,12H,1-3H3,(H,17,18)/t12-/m0/s1. The molecule has 2 rings (SSSR count). The maximum Gasteiger partial charge on any atom is 0.342 e. The second-order valence-electron chi connectivity index (χ2n) is 4.79.